The first-order valence-corrected chi connectivity index (χ1v) is 10.8. The van der Waals surface area contributed by atoms with E-state index in [0.717, 1.165) is 0 Å². The molecule has 0 heterocycles. The van der Waals surface area contributed by atoms with Crippen LogP contribution in [0.2, 0.25) is 19.6 Å². The average Bonchev–Trinajstić information content (AvgIpc) is 2.68. The summed E-state index contributed by atoms with van der Waals surface area (Å²) in [7, 11) is -1.16. The van der Waals surface area contributed by atoms with Gasteiger partial charge in [0.15, 0.2) is 0 Å². The molecule has 0 amide bonds. The summed E-state index contributed by atoms with van der Waals surface area (Å²) in [5, 5.41) is 0. The maximum absolute atomic E-state index is 2.59. The lowest BCUT2D eigenvalue weighted by Gasteiger charge is -2.24. The molecule has 1 aromatic carbocycles. The van der Waals surface area contributed by atoms with E-state index >= 15 is 0 Å². The van der Waals surface area contributed by atoms with Gasteiger partial charge in [0.25, 0.3) is 0 Å². The number of benzene rings is 1. The fourth-order valence-electron chi connectivity index (χ4n) is 3.12. The predicted molar refractivity (Wildman–Crippen MR) is 84.6 cm³/mol. The third kappa shape index (κ3) is 2.47. The van der Waals surface area contributed by atoms with E-state index in [1.807, 2.05) is 0 Å². The molecule has 0 saturated carbocycles. The molecule has 1 aliphatic rings. The van der Waals surface area contributed by atoms with E-state index in [9.17, 15) is 0 Å². The van der Waals surface area contributed by atoms with Crippen LogP contribution in [-0.4, -0.2) is 8.07 Å². The molecule has 2 atom stereocenters. The van der Waals surface area contributed by atoms with Crippen molar-refractivity contribution in [2.75, 3.05) is 0 Å². The minimum absolute atomic E-state index is 0.706. The smallest absolute Gasteiger partial charge is 0.0566 e. The molecule has 0 bridgehead atoms. The zero-order valence-electron chi connectivity index (χ0n) is 12.5. The summed E-state index contributed by atoms with van der Waals surface area (Å²) in [6.07, 6.45) is 5.17. The first-order chi connectivity index (χ1) is 8.45. The molecule has 0 aromatic heterocycles. The number of allylic oxidation sites excluding steroid dienone is 2. The highest BCUT2D eigenvalue weighted by Crippen LogP contribution is 2.44. The molecular weight excluding hydrogens is 232 g/mol. The third-order valence-corrected chi connectivity index (χ3v) is 6.48. The predicted octanol–water partition coefficient (Wildman–Crippen LogP) is 5.48. The van der Waals surface area contributed by atoms with Crippen LogP contribution in [0.3, 0.4) is 0 Å². The molecule has 1 heteroatoms. The number of hydrogen-bond donors (Lipinski definition) is 0. The lowest BCUT2D eigenvalue weighted by molar-refractivity contribution is 0.650. The second-order valence-corrected chi connectivity index (χ2v) is 12.1. The van der Waals surface area contributed by atoms with E-state index < -0.39 is 8.07 Å². The van der Waals surface area contributed by atoms with E-state index in [2.05, 4.69) is 63.8 Å². The highest BCUT2D eigenvalue weighted by molar-refractivity contribution is 6.78. The number of fused-ring (bicyclic) bond motifs is 1. The van der Waals surface area contributed by atoms with Gasteiger partial charge in [-0.15, -0.1) is 0 Å². The van der Waals surface area contributed by atoms with Crippen molar-refractivity contribution in [3.05, 3.63) is 41.5 Å². The summed E-state index contributed by atoms with van der Waals surface area (Å²) in [6.45, 7) is 12.1. The Balaban J connectivity index is 2.43. The summed E-state index contributed by atoms with van der Waals surface area (Å²) in [6, 6.07) is 9.07. The number of rotatable bonds is 4. The maximum Gasteiger partial charge on any atom is 0.0566 e. The van der Waals surface area contributed by atoms with Crippen molar-refractivity contribution < 1.29 is 0 Å². The van der Waals surface area contributed by atoms with Gasteiger partial charge in [-0.2, -0.15) is 0 Å². The number of hydrogen-bond acceptors (Lipinski definition) is 0. The van der Waals surface area contributed by atoms with Crippen LogP contribution in [0.25, 0.3) is 5.57 Å². The molecule has 1 aliphatic carbocycles. The Bertz CT molecular complexity index is 451. The first-order valence-electron chi connectivity index (χ1n) is 7.26. The van der Waals surface area contributed by atoms with Gasteiger partial charge in [0, 0.05) is 0 Å². The van der Waals surface area contributed by atoms with Gasteiger partial charge in [0.1, 0.15) is 0 Å². The van der Waals surface area contributed by atoms with Gasteiger partial charge in [0.05, 0.1) is 8.07 Å². The Hall–Kier alpha value is -0.823. The minimum Gasteiger partial charge on any atom is -0.0756 e. The highest BCUT2D eigenvalue weighted by Gasteiger charge is 2.34. The lowest BCUT2D eigenvalue weighted by Crippen LogP contribution is -2.28. The quantitative estimate of drug-likeness (QED) is 0.627. The SMILES string of the molecule is CCCC(C)C1=CC([Si](C)(C)C)c2ccccc21. The second kappa shape index (κ2) is 5.04. The van der Waals surface area contributed by atoms with Crippen LogP contribution in [0.1, 0.15) is 43.4 Å². The van der Waals surface area contributed by atoms with Crippen LogP contribution in [0.15, 0.2) is 30.3 Å². The van der Waals surface area contributed by atoms with Gasteiger partial charge >= 0.3 is 0 Å². The molecule has 0 aliphatic heterocycles. The Kier molecular flexibility index (Phi) is 3.81. The fourth-order valence-corrected chi connectivity index (χ4v) is 4.99. The Morgan fingerprint density at radius 1 is 1.17 bits per heavy atom. The van der Waals surface area contributed by atoms with Crippen molar-refractivity contribution in [1.82, 2.24) is 0 Å². The van der Waals surface area contributed by atoms with Gasteiger partial charge in [-0.05, 0) is 34.6 Å². The average molecular weight is 258 g/mol. The van der Waals surface area contributed by atoms with Gasteiger partial charge in [0.2, 0.25) is 0 Å². The summed E-state index contributed by atoms with van der Waals surface area (Å²) in [5.41, 5.74) is 5.45. The Morgan fingerprint density at radius 3 is 2.44 bits per heavy atom. The molecular formula is C17H26Si. The van der Waals surface area contributed by atoms with Crippen LogP contribution < -0.4 is 0 Å². The summed E-state index contributed by atoms with van der Waals surface area (Å²) < 4.78 is 0. The maximum atomic E-state index is 2.59. The second-order valence-electron chi connectivity index (χ2n) is 6.74. The lowest BCUT2D eigenvalue weighted by atomic mass is 9.92. The van der Waals surface area contributed by atoms with E-state index in [-0.39, 0.29) is 0 Å². The molecule has 0 N–H and O–H groups in total. The van der Waals surface area contributed by atoms with Crippen molar-refractivity contribution >= 4 is 13.6 Å². The van der Waals surface area contributed by atoms with E-state index in [1.54, 1.807) is 11.1 Å². The third-order valence-electron chi connectivity index (χ3n) is 4.14. The van der Waals surface area contributed by atoms with Crippen molar-refractivity contribution in [3.63, 3.8) is 0 Å². The zero-order valence-corrected chi connectivity index (χ0v) is 13.5. The largest absolute Gasteiger partial charge is 0.0756 e. The molecule has 98 valence electrons. The van der Waals surface area contributed by atoms with Crippen molar-refractivity contribution in [1.29, 1.82) is 0 Å². The van der Waals surface area contributed by atoms with Gasteiger partial charge in [-0.3, -0.25) is 0 Å². The molecule has 2 unspecified atom stereocenters. The molecule has 0 saturated heterocycles. The highest BCUT2D eigenvalue weighted by atomic mass is 28.3. The first kappa shape index (κ1) is 13.6. The summed E-state index contributed by atoms with van der Waals surface area (Å²) >= 11 is 0. The fraction of sp³-hybridized carbons (Fsp3) is 0.529. The topological polar surface area (TPSA) is 0 Å². The van der Waals surface area contributed by atoms with Gasteiger partial charge in [-0.25, -0.2) is 0 Å². The molecule has 2 rings (SSSR count). The Labute approximate surface area is 113 Å². The molecule has 0 radical (unpaired) electrons. The van der Waals surface area contributed by atoms with Crippen LogP contribution in [0.5, 0.6) is 0 Å². The van der Waals surface area contributed by atoms with Crippen LogP contribution in [0, 0.1) is 5.92 Å². The standard InChI is InChI=1S/C17H26Si/c1-6-9-13(2)16-12-17(18(3,4)5)15-11-8-7-10-14(15)16/h7-8,10-13,17H,6,9H2,1-5H3. The van der Waals surface area contributed by atoms with Crippen molar-refractivity contribution in [3.8, 4) is 0 Å². The summed E-state index contributed by atoms with van der Waals surface area (Å²) in [5.74, 6) is 0.706. The van der Waals surface area contributed by atoms with Crippen molar-refractivity contribution in [2.24, 2.45) is 5.92 Å². The summed E-state index contributed by atoms with van der Waals surface area (Å²) in [4.78, 5) is 0. The minimum atomic E-state index is -1.16. The molecule has 0 nitrogen and oxygen atoms in total. The van der Waals surface area contributed by atoms with E-state index in [1.165, 1.54) is 18.4 Å². The van der Waals surface area contributed by atoms with E-state index in [4.69, 9.17) is 0 Å². The Morgan fingerprint density at radius 2 is 1.83 bits per heavy atom. The van der Waals surface area contributed by atoms with Crippen molar-refractivity contribution in [2.45, 2.75) is 51.9 Å². The zero-order chi connectivity index (χ0) is 13.3. The van der Waals surface area contributed by atoms with Crippen LogP contribution >= 0.6 is 0 Å². The van der Waals surface area contributed by atoms with Gasteiger partial charge in [-0.1, -0.05) is 70.3 Å². The van der Waals surface area contributed by atoms with Crippen LogP contribution in [-0.2, 0) is 0 Å². The molecule has 18 heavy (non-hydrogen) atoms. The molecule has 0 spiro atoms. The monoisotopic (exact) mass is 258 g/mol. The normalized spacial score (nSPS) is 20.5. The van der Waals surface area contributed by atoms with E-state index in [0.29, 0.717) is 11.5 Å². The van der Waals surface area contributed by atoms with Gasteiger partial charge < -0.3 is 0 Å². The molecule has 0 fully saturated rings. The molecule has 1 aromatic rings. The van der Waals surface area contributed by atoms with Crippen LogP contribution in [0.4, 0.5) is 0 Å².